The molecule has 86 valence electrons. The molecule has 1 aromatic rings. The zero-order chi connectivity index (χ0) is 11.8. The number of hydrogen-bond donors (Lipinski definition) is 1. The fourth-order valence-corrected chi connectivity index (χ4v) is 1.34. The van der Waals surface area contributed by atoms with Crippen molar-refractivity contribution in [2.45, 2.75) is 25.8 Å². The van der Waals surface area contributed by atoms with E-state index in [9.17, 15) is 0 Å². The number of rotatable bonds is 6. The lowest BCUT2D eigenvalue weighted by Crippen LogP contribution is -2.23. The topological polar surface area (TPSA) is 47.0 Å². The minimum absolute atomic E-state index is 0.0726. The van der Waals surface area contributed by atoms with Crippen LogP contribution in [0, 0.1) is 12.3 Å². The molecule has 0 aliphatic heterocycles. The SMILES string of the molecule is C#CCC(NCCC)c1ccc(OC)nn1. The molecular weight excluding hydrogens is 202 g/mol. The Morgan fingerprint density at radius 1 is 1.50 bits per heavy atom. The normalized spacial score (nSPS) is 11.8. The van der Waals surface area contributed by atoms with E-state index in [1.165, 1.54) is 0 Å². The fourth-order valence-electron chi connectivity index (χ4n) is 1.34. The first-order valence-corrected chi connectivity index (χ1v) is 5.36. The van der Waals surface area contributed by atoms with Crippen molar-refractivity contribution in [2.24, 2.45) is 0 Å². The van der Waals surface area contributed by atoms with Gasteiger partial charge in [-0.2, -0.15) is 5.10 Å². The number of aromatic nitrogens is 2. The molecule has 4 nitrogen and oxygen atoms in total. The molecule has 0 fully saturated rings. The average Bonchev–Trinajstić information content (AvgIpc) is 2.35. The van der Waals surface area contributed by atoms with E-state index in [4.69, 9.17) is 11.2 Å². The van der Waals surface area contributed by atoms with Crippen LogP contribution in [0.2, 0.25) is 0 Å². The highest BCUT2D eigenvalue weighted by Crippen LogP contribution is 2.14. The van der Waals surface area contributed by atoms with E-state index in [1.807, 2.05) is 6.07 Å². The summed E-state index contributed by atoms with van der Waals surface area (Å²) in [4.78, 5) is 0. The molecule has 0 saturated carbocycles. The van der Waals surface area contributed by atoms with Gasteiger partial charge in [0.15, 0.2) is 0 Å². The van der Waals surface area contributed by atoms with Crippen LogP contribution in [0.1, 0.15) is 31.5 Å². The Morgan fingerprint density at radius 2 is 2.31 bits per heavy atom. The quantitative estimate of drug-likeness (QED) is 0.737. The molecule has 4 heteroatoms. The summed E-state index contributed by atoms with van der Waals surface area (Å²) in [6.45, 7) is 3.03. The van der Waals surface area contributed by atoms with Crippen molar-refractivity contribution in [1.82, 2.24) is 15.5 Å². The molecular formula is C12H17N3O. The minimum Gasteiger partial charge on any atom is -0.480 e. The van der Waals surface area contributed by atoms with Crippen LogP contribution >= 0.6 is 0 Å². The first-order chi connectivity index (χ1) is 7.81. The van der Waals surface area contributed by atoms with Crippen molar-refractivity contribution >= 4 is 0 Å². The van der Waals surface area contributed by atoms with E-state index in [1.54, 1.807) is 13.2 Å². The van der Waals surface area contributed by atoms with Gasteiger partial charge in [-0.05, 0) is 19.0 Å². The maximum atomic E-state index is 5.33. The van der Waals surface area contributed by atoms with E-state index in [0.717, 1.165) is 18.7 Å². The molecule has 1 N–H and O–H groups in total. The minimum atomic E-state index is 0.0726. The van der Waals surface area contributed by atoms with E-state index >= 15 is 0 Å². The standard InChI is InChI=1S/C12H17N3O/c1-4-6-10(13-9-5-2)11-7-8-12(16-3)15-14-11/h1,7-8,10,13H,5-6,9H2,2-3H3. The Bertz CT molecular complexity index is 342. The molecule has 0 spiro atoms. The van der Waals surface area contributed by atoms with Crippen LogP contribution in [-0.4, -0.2) is 23.9 Å². The van der Waals surface area contributed by atoms with Gasteiger partial charge in [-0.1, -0.05) is 6.92 Å². The van der Waals surface area contributed by atoms with Gasteiger partial charge in [0.2, 0.25) is 5.88 Å². The predicted octanol–water partition coefficient (Wildman–Crippen LogP) is 1.55. The largest absolute Gasteiger partial charge is 0.480 e. The summed E-state index contributed by atoms with van der Waals surface area (Å²) in [5, 5.41) is 11.4. The van der Waals surface area contributed by atoms with E-state index < -0.39 is 0 Å². The molecule has 1 heterocycles. The summed E-state index contributed by atoms with van der Waals surface area (Å²) in [7, 11) is 1.57. The van der Waals surface area contributed by atoms with Gasteiger partial charge in [0.05, 0.1) is 18.8 Å². The van der Waals surface area contributed by atoms with Crippen LogP contribution in [0.4, 0.5) is 0 Å². The van der Waals surface area contributed by atoms with Gasteiger partial charge in [0.25, 0.3) is 0 Å². The molecule has 0 radical (unpaired) electrons. The average molecular weight is 219 g/mol. The van der Waals surface area contributed by atoms with Gasteiger partial charge in [0.1, 0.15) is 0 Å². The van der Waals surface area contributed by atoms with Gasteiger partial charge >= 0.3 is 0 Å². The molecule has 1 atom stereocenters. The summed E-state index contributed by atoms with van der Waals surface area (Å²) in [6, 6.07) is 3.75. The number of terminal acetylenes is 1. The van der Waals surface area contributed by atoms with Crippen molar-refractivity contribution in [3.05, 3.63) is 17.8 Å². The van der Waals surface area contributed by atoms with Gasteiger partial charge in [-0.15, -0.1) is 17.4 Å². The van der Waals surface area contributed by atoms with Crippen molar-refractivity contribution < 1.29 is 4.74 Å². The summed E-state index contributed by atoms with van der Waals surface area (Å²) in [6.07, 6.45) is 7.00. The molecule has 1 aromatic heterocycles. The second-order valence-electron chi connectivity index (χ2n) is 3.42. The number of ether oxygens (including phenoxy) is 1. The zero-order valence-electron chi connectivity index (χ0n) is 9.73. The maximum Gasteiger partial charge on any atom is 0.233 e. The van der Waals surface area contributed by atoms with Crippen LogP contribution in [0.25, 0.3) is 0 Å². The third-order valence-corrected chi connectivity index (χ3v) is 2.19. The van der Waals surface area contributed by atoms with Crippen LogP contribution in [0.5, 0.6) is 5.88 Å². The molecule has 0 bridgehead atoms. The Morgan fingerprint density at radius 3 is 2.81 bits per heavy atom. The molecule has 0 aromatic carbocycles. The molecule has 0 amide bonds. The number of methoxy groups -OCH3 is 1. The summed E-state index contributed by atoms with van der Waals surface area (Å²) in [5.41, 5.74) is 0.854. The van der Waals surface area contributed by atoms with Crippen LogP contribution in [0.3, 0.4) is 0 Å². The van der Waals surface area contributed by atoms with Crippen LogP contribution < -0.4 is 10.1 Å². The van der Waals surface area contributed by atoms with Crippen molar-refractivity contribution in [3.8, 4) is 18.2 Å². The predicted molar refractivity (Wildman–Crippen MR) is 63.1 cm³/mol. The number of hydrogen-bond acceptors (Lipinski definition) is 4. The zero-order valence-corrected chi connectivity index (χ0v) is 9.73. The Hall–Kier alpha value is -1.60. The third kappa shape index (κ3) is 3.52. The highest BCUT2D eigenvalue weighted by Gasteiger charge is 2.11. The number of nitrogens with zero attached hydrogens (tertiary/aromatic N) is 2. The Labute approximate surface area is 96.4 Å². The smallest absolute Gasteiger partial charge is 0.233 e. The Kier molecular flexibility index (Phi) is 5.30. The van der Waals surface area contributed by atoms with E-state index in [-0.39, 0.29) is 6.04 Å². The molecule has 0 aliphatic rings. The molecule has 0 aliphatic carbocycles. The molecule has 1 unspecified atom stereocenters. The summed E-state index contributed by atoms with van der Waals surface area (Å²) in [5.74, 6) is 3.15. The first-order valence-electron chi connectivity index (χ1n) is 5.36. The van der Waals surface area contributed by atoms with Crippen LogP contribution in [-0.2, 0) is 0 Å². The molecule has 16 heavy (non-hydrogen) atoms. The lowest BCUT2D eigenvalue weighted by molar-refractivity contribution is 0.389. The van der Waals surface area contributed by atoms with Gasteiger partial charge < -0.3 is 10.1 Å². The van der Waals surface area contributed by atoms with Crippen molar-refractivity contribution in [3.63, 3.8) is 0 Å². The maximum absolute atomic E-state index is 5.33. The highest BCUT2D eigenvalue weighted by atomic mass is 16.5. The number of nitrogens with one attached hydrogen (secondary N) is 1. The third-order valence-electron chi connectivity index (χ3n) is 2.19. The molecule has 1 rings (SSSR count). The van der Waals surface area contributed by atoms with E-state index in [2.05, 4.69) is 28.4 Å². The Balaban J connectivity index is 2.72. The molecule has 0 saturated heterocycles. The van der Waals surface area contributed by atoms with E-state index in [0.29, 0.717) is 12.3 Å². The summed E-state index contributed by atoms with van der Waals surface area (Å²) >= 11 is 0. The summed E-state index contributed by atoms with van der Waals surface area (Å²) < 4.78 is 4.96. The van der Waals surface area contributed by atoms with Crippen molar-refractivity contribution in [1.29, 1.82) is 0 Å². The second kappa shape index (κ2) is 6.81. The highest BCUT2D eigenvalue weighted by molar-refractivity contribution is 5.15. The second-order valence-corrected chi connectivity index (χ2v) is 3.42. The lowest BCUT2D eigenvalue weighted by atomic mass is 10.1. The van der Waals surface area contributed by atoms with Crippen molar-refractivity contribution in [2.75, 3.05) is 13.7 Å². The monoisotopic (exact) mass is 219 g/mol. The van der Waals surface area contributed by atoms with Gasteiger partial charge in [0, 0.05) is 12.5 Å². The van der Waals surface area contributed by atoms with Gasteiger partial charge in [-0.3, -0.25) is 0 Å². The van der Waals surface area contributed by atoms with Gasteiger partial charge in [-0.25, -0.2) is 0 Å². The first kappa shape index (κ1) is 12.5. The lowest BCUT2D eigenvalue weighted by Gasteiger charge is -2.14. The van der Waals surface area contributed by atoms with Crippen LogP contribution in [0.15, 0.2) is 12.1 Å². The fraction of sp³-hybridized carbons (Fsp3) is 0.500.